The van der Waals surface area contributed by atoms with Crippen molar-refractivity contribution >= 4 is 117 Å². The summed E-state index contributed by atoms with van der Waals surface area (Å²) in [6.45, 7) is 3.15. The number of methoxy groups -OCH3 is 1. The number of carboxylic acids is 1. The number of nitrogens with one attached hydrogen (secondary N) is 10. The van der Waals surface area contributed by atoms with Crippen molar-refractivity contribution in [1.29, 1.82) is 0 Å². The van der Waals surface area contributed by atoms with E-state index in [0.29, 0.717) is 69.0 Å². The summed E-state index contributed by atoms with van der Waals surface area (Å²) in [6, 6.07) is 13.8. The second-order valence-electron chi connectivity index (χ2n) is 34.7. The number of ether oxygens (including phenoxy) is 1. The fourth-order valence-electron chi connectivity index (χ4n) is 16.8. The van der Waals surface area contributed by atoms with Gasteiger partial charge in [0.1, 0.15) is 90.0 Å². The standard InChI is InChI=1S/C96H117F3N16O21S/c1-8-9-25-75-95(134)114-36-18-26-74(114)89(128)107-70(47-81(121)122)88(127)110-83(53(2)3)96(135)112(5)76(43-54-19-12-10-13-20-54)90(129)108-72(41-57-29-33-61(117)34-30-57)93(132)115-50-62(118)46-77(115)91(130)106-69(45-59-48-101-66-24-17-16-23-63(59)66)87(126)105-68(40-56-27-31-60(116)32-28-56)86(125)104-67(35-37-136-7)85(124)109-73(84(123)102-49-79(100)119)51-137-52-80(120)103-71(42-58-38-64(97)82(99)65(98)39-58)92(131)113(6)78(94(133)111(75)4)44-55-21-14-11-15-22-55/h10-17,19-24,27-34,38-39,48,53,62,67-78,83,101,116-118H,8-9,18,25-26,35-37,40-47,49-52H2,1-7H3,(H2,100,119)(H,102,123)(H,103,120)(H,104,125)(H,105,126)(H,106,130)(H,107,128)(H,108,129)(H,109,124)(H,110,127)(H,121,122)/t62-,67+,68+,69+,70+,71+,72+,73+,74-,75+,76+,77-,78+,83+/m1/s1. The molecule has 0 spiro atoms. The van der Waals surface area contributed by atoms with Gasteiger partial charge in [0.15, 0.2) is 17.5 Å². The number of aliphatic carboxylic acids is 1. The third-order valence-electron chi connectivity index (χ3n) is 24.3. The zero-order valence-corrected chi connectivity index (χ0v) is 77.6. The van der Waals surface area contributed by atoms with Gasteiger partial charge in [-0.2, -0.15) is 0 Å². The number of aliphatic hydroxyl groups excluding tert-OH is 1. The number of hydrogen-bond donors (Lipinski definition) is 15. The highest BCUT2D eigenvalue weighted by atomic mass is 32.2. The number of amides is 15. The number of aromatic nitrogens is 1. The molecule has 15 amide bonds. The molecule has 3 aliphatic heterocycles. The number of halogens is 3. The number of fused-ring (bicyclic) bond motifs is 3. The number of likely N-dealkylation sites (N-methyl/N-ethyl adjacent to an activating group) is 3. The number of aromatic hydroxyl groups is 2. The van der Waals surface area contributed by atoms with Gasteiger partial charge in [0.05, 0.1) is 24.8 Å². The van der Waals surface area contributed by atoms with Gasteiger partial charge in [-0.3, -0.25) is 76.7 Å². The Hall–Kier alpha value is -14.0. The molecular weight excluding hydrogens is 1800 g/mol. The van der Waals surface area contributed by atoms with E-state index in [4.69, 9.17) is 10.5 Å². The largest absolute Gasteiger partial charge is 0.508 e. The van der Waals surface area contributed by atoms with Crippen LogP contribution >= 0.6 is 11.8 Å². The van der Waals surface area contributed by atoms with Crippen LogP contribution in [0.2, 0.25) is 0 Å². The number of primary amides is 1. The van der Waals surface area contributed by atoms with E-state index in [0.717, 1.165) is 19.6 Å². The third kappa shape index (κ3) is 28.8. The van der Waals surface area contributed by atoms with Gasteiger partial charge in [0.2, 0.25) is 88.6 Å². The van der Waals surface area contributed by atoms with Crippen LogP contribution in [0.1, 0.15) is 106 Å². The maximum absolute atomic E-state index is 15.8. The van der Waals surface area contributed by atoms with Gasteiger partial charge < -0.3 is 108 Å². The highest BCUT2D eigenvalue weighted by molar-refractivity contribution is 8.00. The Kier molecular flexibility index (Phi) is 38.0. The molecule has 41 heteroatoms. The molecule has 14 atom stereocenters. The number of carboxylic acid groups (broad SMARTS) is 1. The van der Waals surface area contributed by atoms with Crippen molar-refractivity contribution in [3.05, 3.63) is 203 Å². The molecule has 3 aliphatic rings. The SMILES string of the molecule is CCCC[C@H]1C(=O)N2CCC[C@@H]2C(=O)N[C@@H](CC(=O)O)C(=O)N[C@@H](C(C)C)C(=O)N(C)[C@@H](Cc2ccccc2)C(=O)N[C@@H](Cc2ccc(O)cc2)C(=O)N2C[C@H](O)C[C@@H]2C(=O)N[C@@H](Cc2c[nH]c3ccccc23)C(=O)N[C@@H](Cc2ccc(O)cc2)C(=O)N[C@@H](CCOC)C(=O)N[C@H](C(=O)NCC(N)=O)CSCC(=O)N[C@@H](Cc2cc(F)c(F)c(F)c2)C(=O)N(C)[C@@H](Cc2ccccc2)C(=O)N1C. The lowest BCUT2D eigenvalue weighted by Gasteiger charge is -2.38. The molecule has 0 radical (unpaired) electrons. The van der Waals surface area contributed by atoms with Crippen LogP contribution in [-0.4, -0.2) is 295 Å². The van der Waals surface area contributed by atoms with Gasteiger partial charge in [0.25, 0.3) is 0 Å². The smallest absolute Gasteiger partial charge is 0.305 e. The number of hydrogen-bond acceptors (Lipinski definition) is 21. The highest BCUT2D eigenvalue weighted by Crippen LogP contribution is 2.29. The van der Waals surface area contributed by atoms with Crippen LogP contribution in [0.25, 0.3) is 10.9 Å². The number of carbonyl (C=O) groups excluding carboxylic acids is 15. The first-order valence-corrected chi connectivity index (χ1v) is 46.1. The molecule has 37 nitrogen and oxygen atoms in total. The van der Waals surface area contributed by atoms with E-state index < -0.39 is 253 Å². The molecule has 0 bridgehead atoms. The second-order valence-corrected chi connectivity index (χ2v) is 35.7. The van der Waals surface area contributed by atoms with Gasteiger partial charge in [-0.05, 0) is 107 Å². The maximum Gasteiger partial charge on any atom is 0.305 e. The number of aromatic amines is 1. The molecular formula is C96H117F3N16O21S. The number of carbonyl (C=O) groups is 16. The van der Waals surface area contributed by atoms with Crippen LogP contribution in [-0.2, 0) is 120 Å². The second kappa shape index (κ2) is 49.5. The van der Waals surface area contributed by atoms with Crippen LogP contribution in [0, 0.1) is 23.4 Å². The summed E-state index contributed by atoms with van der Waals surface area (Å²) in [5, 5.41) is 66.9. The topological polar surface area (TPSA) is 530 Å². The number of rotatable bonds is 24. The Labute approximate surface area is 792 Å². The van der Waals surface area contributed by atoms with Crippen molar-refractivity contribution < 1.29 is 115 Å². The van der Waals surface area contributed by atoms with Crippen molar-refractivity contribution in [2.45, 2.75) is 195 Å². The van der Waals surface area contributed by atoms with E-state index in [1.165, 1.54) is 95.5 Å². The summed E-state index contributed by atoms with van der Waals surface area (Å²) in [4.78, 5) is 247. The van der Waals surface area contributed by atoms with Gasteiger partial charge >= 0.3 is 5.97 Å². The number of benzene rings is 6. The van der Waals surface area contributed by atoms with E-state index in [1.807, 2.05) is 0 Å². The van der Waals surface area contributed by atoms with E-state index >= 15 is 51.9 Å². The highest BCUT2D eigenvalue weighted by Gasteiger charge is 2.48. The number of H-pyrrole nitrogens is 1. The minimum atomic E-state index is -1.97. The van der Waals surface area contributed by atoms with Crippen molar-refractivity contribution in [2.75, 3.05) is 66.0 Å². The fraction of sp³-hybridized carbons (Fsp3) is 0.438. The summed E-state index contributed by atoms with van der Waals surface area (Å²) in [5.41, 5.74) is 7.67. The summed E-state index contributed by atoms with van der Waals surface area (Å²) >= 11 is 0.645. The maximum atomic E-state index is 15.8. The molecule has 1 aromatic heterocycles. The molecule has 3 fully saturated rings. The summed E-state index contributed by atoms with van der Waals surface area (Å²) in [6.07, 6.45) is -3.49. The lowest BCUT2D eigenvalue weighted by molar-refractivity contribution is -0.152. The first-order valence-electron chi connectivity index (χ1n) is 45.0. The number of aliphatic hydroxyl groups is 1. The van der Waals surface area contributed by atoms with Gasteiger partial charge in [-0.25, -0.2) is 13.2 Å². The van der Waals surface area contributed by atoms with Crippen LogP contribution in [0.3, 0.4) is 0 Å². The molecule has 16 N–H and O–H groups in total. The Morgan fingerprint density at radius 1 is 0.533 bits per heavy atom. The number of thioether (sulfide) groups is 1. The van der Waals surface area contributed by atoms with Crippen molar-refractivity contribution in [2.24, 2.45) is 11.7 Å². The number of phenolic OH excluding ortho intramolecular Hbond substituents is 2. The number of unbranched alkanes of at least 4 members (excludes halogenated alkanes) is 1. The van der Waals surface area contributed by atoms with Crippen LogP contribution in [0.5, 0.6) is 11.5 Å². The monoisotopic (exact) mass is 1920 g/mol. The fourth-order valence-corrected chi connectivity index (χ4v) is 17.7. The number of para-hydroxylation sites is 1. The minimum absolute atomic E-state index is 0.0578. The van der Waals surface area contributed by atoms with Crippen LogP contribution in [0.15, 0.2) is 152 Å². The third-order valence-corrected chi connectivity index (χ3v) is 25.4. The predicted molar refractivity (Wildman–Crippen MR) is 495 cm³/mol. The molecule has 137 heavy (non-hydrogen) atoms. The summed E-state index contributed by atoms with van der Waals surface area (Å²) in [7, 11) is 4.99. The number of nitrogens with zero attached hydrogens (tertiary/aromatic N) is 5. The molecule has 734 valence electrons. The summed E-state index contributed by atoms with van der Waals surface area (Å²) in [5.74, 6) is -24.6. The first-order chi connectivity index (χ1) is 65.3. The first kappa shape index (κ1) is 105. The zero-order chi connectivity index (χ0) is 99.6. The van der Waals surface area contributed by atoms with E-state index in [9.17, 15) is 58.4 Å². The Morgan fingerprint density at radius 2 is 1.04 bits per heavy atom. The van der Waals surface area contributed by atoms with Crippen molar-refractivity contribution in [3.63, 3.8) is 0 Å². The zero-order valence-electron chi connectivity index (χ0n) is 76.8. The number of nitrogens with two attached hydrogens (primary N) is 1. The molecule has 4 heterocycles. The molecule has 0 saturated carbocycles. The van der Waals surface area contributed by atoms with Crippen molar-refractivity contribution in [3.8, 4) is 11.5 Å². The minimum Gasteiger partial charge on any atom is -0.508 e. The molecule has 6 aromatic carbocycles. The molecule has 0 aliphatic carbocycles. The molecule has 7 aromatic rings. The number of phenols is 2. The van der Waals surface area contributed by atoms with E-state index in [1.54, 1.807) is 98.0 Å². The van der Waals surface area contributed by atoms with E-state index in [2.05, 4.69) is 52.8 Å². The van der Waals surface area contributed by atoms with Crippen LogP contribution < -0.4 is 53.6 Å². The lowest BCUT2D eigenvalue weighted by atomic mass is 9.98. The predicted octanol–water partition coefficient (Wildman–Crippen LogP) is 1.77. The Bertz CT molecular complexity index is 5470. The Morgan fingerprint density at radius 3 is 1.64 bits per heavy atom. The molecule has 0 unspecified atom stereocenters. The van der Waals surface area contributed by atoms with Crippen LogP contribution in [0.4, 0.5) is 13.2 Å². The van der Waals surface area contributed by atoms with Gasteiger partial charge in [-0.1, -0.05) is 137 Å². The van der Waals surface area contributed by atoms with Gasteiger partial charge in [0, 0.05) is 116 Å². The average molecular weight is 1920 g/mol. The van der Waals surface area contributed by atoms with E-state index in [-0.39, 0.29) is 88.0 Å². The lowest BCUT2D eigenvalue weighted by Crippen LogP contribution is -2.62. The average Bonchev–Trinajstić information content (AvgIpc) is 1.70. The van der Waals surface area contributed by atoms with Gasteiger partial charge in [-0.15, -0.1) is 11.8 Å². The Balaban J connectivity index is 1.06. The quantitative estimate of drug-likeness (QED) is 0.0383. The molecule has 3 saturated heterocycles. The summed E-state index contributed by atoms with van der Waals surface area (Å²) < 4.78 is 50.5. The normalized spacial score (nSPS) is 23.7. The molecule has 10 rings (SSSR count). The van der Waals surface area contributed by atoms with Crippen molar-refractivity contribution in [1.82, 2.24) is 77.3 Å².